The normalized spacial score (nSPS) is 13.4. The van der Waals surface area contributed by atoms with Gasteiger partial charge < -0.3 is 4.79 Å². The maximum Gasteiger partial charge on any atom is 0.178 e. The van der Waals surface area contributed by atoms with Crippen molar-refractivity contribution < 1.29 is 13.2 Å². The molecule has 0 aliphatic carbocycles. The molecule has 80 valence electrons. The van der Waals surface area contributed by atoms with Gasteiger partial charge in [0.1, 0.15) is 6.29 Å². The SMILES string of the molecule is [CH][C@H](C=O)CCS(=O)(=O)c1ccccc1. The zero-order chi connectivity index (χ0) is 11.3. The molecule has 0 aliphatic rings. The van der Waals surface area contributed by atoms with Crippen LogP contribution in [0.1, 0.15) is 6.42 Å². The first-order valence-corrected chi connectivity index (χ1v) is 6.20. The molecule has 2 radical (unpaired) electrons. The fourth-order valence-electron chi connectivity index (χ4n) is 1.10. The number of hydrogen-bond donors (Lipinski definition) is 0. The quantitative estimate of drug-likeness (QED) is 0.710. The Hall–Kier alpha value is -1.16. The Morgan fingerprint density at radius 2 is 1.87 bits per heavy atom. The van der Waals surface area contributed by atoms with E-state index in [1.165, 1.54) is 12.1 Å². The van der Waals surface area contributed by atoms with Crippen LogP contribution in [-0.4, -0.2) is 20.5 Å². The van der Waals surface area contributed by atoms with Crippen molar-refractivity contribution in [3.8, 4) is 0 Å². The molecule has 1 aromatic rings. The van der Waals surface area contributed by atoms with Gasteiger partial charge >= 0.3 is 0 Å². The Bertz CT molecular complexity index is 409. The molecule has 3 nitrogen and oxygen atoms in total. The minimum atomic E-state index is -3.30. The molecule has 1 aromatic carbocycles. The van der Waals surface area contributed by atoms with Gasteiger partial charge in [0.05, 0.1) is 10.6 Å². The maximum atomic E-state index is 11.7. The summed E-state index contributed by atoms with van der Waals surface area (Å²) in [5, 5.41) is 0. The van der Waals surface area contributed by atoms with Crippen LogP contribution < -0.4 is 0 Å². The summed E-state index contributed by atoms with van der Waals surface area (Å²) in [5.74, 6) is -0.805. The lowest BCUT2D eigenvalue weighted by Gasteiger charge is -2.05. The van der Waals surface area contributed by atoms with Gasteiger partial charge in [-0.25, -0.2) is 8.42 Å². The van der Waals surface area contributed by atoms with Crippen LogP contribution in [0.25, 0.3) is 0 Å². The van der Waals surface area contributed by atoms with Crippen molar-refractivity contribution in [1.29, 1.82) is 0 Å². The summed E-state index contributed by atoms with van der Waals surface area (Å²) in [6, 6.07) is 8.12. The molecule has 4 heteroatoms. The zero-order valence-corrected chi connectivity index (χ0v) is 8.98. The molecule has 0 aliphatic heterocycles. The van der Waals surface area contributed by atoms with Crippen LogP contribution in [0.4, 0.5) is 0 Å². The van der Waals surface area contributed by atoms with E-state index < -0.39 is 15.8 Å². The van der Waals surface area contributed by atoms with Crippen LogP contribution in [0, 0.1) is 12.8 Å². The van der Waals surface area contributed by atoms with Gasteiger partial charge in [0.25, 0.3) is 0 Å². The summed E-state index contributed by atoms with van der Waals surface area (Å²) in [7, 11) is -3.30. The molecule has 1 atom stereocenters. The average molecular weight is 224 g/mol. The highest BCUT2D eigenvalue weighted by Gasteiger charge is 2.15. The lowest BCUT2D eigenvalue weighted by Crippen LogP contribution is -2.10. The molecule has 15 heavy (non-hydrogen) atoms. The predicted molar refractivity (Wildman–Crippen MR) is 57.0 cm³/mol. The molecule has 0 N–H and O–H groups in total. The summed E-state index contributed by atoms with van der Waals surface area (Å²) in [6.07, 6.45) is 0.710. The Labute approximate surface area is 90.0 Å². The first-order valence-electron chi connectivity index (χ1n) is 4.55. The van der Waals surface area contributed by atoms with E-state index >= 15 is 0 Å². The number of aldehydes is 1. The van der Waals surface area contributed by atoms with Gasteiger partial charge in [0.15, 0.2) is 9.84 Å². The van der Waals surface area contributed by atoms with E-state index in [1.54, 1.807) is 18.2 Å². The predicted octanol–water partition coefficient (Wildman–Crippen LogP) is 1.38. The minimum absolute atomic E-state index is 0.100. The van der Waals surface area contributed by atoms with E-state index in [1.807, 2.05) is 0 Å². The lowest BCUT2D eigenvalue weighted by atomic mass is 10.1. The Morgan fingerprint density at radius 3 is 2.40 bits per heavy atom. The largest absolute Gasteiger partial charge is 0.303 e. The summed E-state index contributed by atoms with van der Waals surface area (Å²) >= 11 is 0. The fraction of sp³-hybridized carbons (Fsp3) is 0.273. The van der Waals surface area contributed by atoms with Crippen LogP contribution in [0.2, 0.25) is 0 Å². The summed E-state index contributed by atoms with van der Waals surface area (Å²) < 4.78 is 23.4. The van der Waals surface area contributed by atoms with Crippen molar-refractivity contribution in [2.45, 2.75) is 11.3 Å². The molecule has 0 saturated carbocycles. The van der Waals surface area contributed by atoms with Crippen molar-refractivity contribution in [3.63, 3.8) is 0 Å². The molecule has 0 spiro atoms. The van der Waals surface area contributed by atoms with Crippen molar-refractivity contribution in [1.82, 2.24) is 0 Å². The van der Waals surface area contributed by atoms with Gasteiger partial charge in [-0.1, -0.05) is 18.2 Å². The van der Waals surface area contributed by atoms with Gasteiger partial charge in [-0.3, -0.25) is 0 Å². The van der Waals surface area contributed by atoms with E-state index in [0.29, 0.717) is 6.29 Å². The van der Waals surface area contributed by atoms with Crippen molar-refractivity contribution in [2.75, 3.05) is 5.75 Å². The Kier molecular flexibility index (Phi) is 4.03. The molecule has 0 saturated heterocycles. The minimum Gasteiger partial charge on any atom is -0.303 e. The lowest BCUT2D eigenvalue weighted by molar-refractivity contribution is -0.110. The highest BCUT2D eigenvalue weighted by Crippen LogP contribution is 2.12. The Balaban J connectivity index is 2.73. The summed E-state index contributed by atoms with van der Waals surface area (Å²) in [4.78, 5) is 10.5. The van der Waals surface area contributed by atoms with Crippen LogP contribution in [0.3, 0.4) is 0 Å². The second kappa shape index (κ2) is 5.07. The number of rotatable bonds is 5. The molecule has 0 unspecified atom stereocenters. The topological polar surface area (TPSA) is 51.2 Å². The van der Waals surface area contributed by atoms with Crippen molar-refractivity contribution >= 4 is 16.1 Å². The second-order valence-corrected chi connectivity index (χ2v) is 5.33. The third kappa shape index (κ3) is 3.47. The molecule has 0 amide bonds. The van der Waals surface area contributed by atoms with E-state index in [0.717, 1.165) is 0 Å². The first kappa shape index (κ1) is 11.9. The second-order valence-electron chi connectivity index (χ2n) is 3.22. The molecule has 0 aromatic heterocycles. The van der Waals surface area contributed by atoms with Crippen LogP contribution in [-0.2, 0) is 14.6 Å². The molecule has 0 fully saturated rings. The van der Waals surface area contributed by atoms with Crippen LogP contribution in [0.15, 0.2) is 35.2 Å². The van der Waals surface area contributed by atoms with E-state index in [2.05, 4.69) is 0 Å². The van der Waals surface area contributed by atoms with Crippen LogP contribution >= 0.6 is 0 Å². The third-order valence-corrected chi connectivity index (χ3v) is 3.76. The van der Waals surface area contributed by atoms with E-state index in [9.17, 15) is 13.2 Å². The van der Waals surface area contributed by atoms with Gasteiger partial charge in [0, 0.05) is 5.92 Å². The monoisotopic (exact) mass is 224 g/mol. The van der Waals surface area contributed by atoms with Gasteiger partial charge in [0.2, 0.25) is 0 Å². The van der Waals surface area contributed by atoms with Gasteiger partial charge in [-0.15, -0.1) is 0 Å². The number of benzene rings is 1. The van der Waals surface area contributed by atoms with E-state index in [-0.39, 0.29) is 17.1 Å². The zero-order valence-electron chi connectivity index (χ0n) is 8.17. The molecule has 1 rings (SSSR count). The summed E-state index contributed by atoms with van der Waals surface area (Å²) in [6.45, 7) is 5.33. The number of carbonyl (C=O) groups is 1. The van der Waals surface area contributed by atoms with Gasteiger partial charge in [-0.2, -0.15) is 0 Å². The highest BCUT2D eigenvalue weighted by molar-refractivity contribution is 7.91. The standard InChI is InChI=1S/C11H12O3S/c1-10(9-12)7-8-15(13,14)11-5-3-2-4-6-11/h1-6,9-10H,7-8H2/t10-/m0/s1. The van der Waals surface area contributed by atoms with E-state index in [4.69, 9.17) is 6.92 Å². The molecule has 0 heterocycles. The maximum absolute atomic E-state index is 11.7. The molecule has 0 bridgehead atoms. The number of hydrogen-bond acceptors (Lipinski definition) is 3. The molecular formula is C11H12O3S. The van der Waals surface area contributed by atoms with Gasteiger partial charge in [-0.05, 0) is 25.5 Å². The number of carbonyl (C=O) groups excluding carboxylic acids is 1. The first-order chi connectivity index (χ1) is 7.06. The Morgan fingerprint density at radius 1 is 1.27 bits per heavy atom. The van der Waals surface area contributed by atoms with Crippen LogP contribution in [0.5, 0.6) is 0 Å². The van der Waals surface area contributed by atoms with Crippen molar-refractivity contribution in [3.05, 3.63) is 37.3 Å². The highest BCUT2D eigenvalue weighted by atomic mass is 32.2. The third-order valence-electron chi connectivity index (χ3n) is 2.00. The number of sulfone groups is 1. The smallest absolute Gasteiger partial charge is 0.178 e. The average Bonchev–Trinajstić information content (AvgIpc) is 2.27. The fourth-order valence-corrected chi connectivity index (χ4v) is 2.49. The van der Waals surface area contributed by atoms with Crippen molar-refractivity contribution in [2.24, 2.45) is 5.92 Å². The molecular weight excluding hydrogens is 212 g/mol. The summed E-state index contributed by atoms with van der Waals surface area (Å²) in [5.41, 5.74) is 0.